The second-order valence-electron chi connectivity index (χ2n) is 2.86. The van der Waals surface area contributed by atoms with Crippen LogP contribution in [0.1, 0.15) is 0 Å². The average molecular weight is 172 g/mol. The molecule has 1 rings (SSSR count). The zero-order chi connectivity index (χ0) is 9.14. The van der Waals surface area contributed by atoms with Crippen LogP contribution >= 0.6 is 0 Å². The summed E-state index contributed by atoms with van der Waals surface area (Å²) in [4.78, 5) is 23.0. The molecular weight excluding hydrogens is 160 g/mol. The summed E-state index contributed by atoms with van der Waals surface area (Å²) in [6.07, 6.45) is 0. The number of hydrogen-bond donors (Lipinski definition) is 2. The molecule has 0 atom stereocenters. The van der Waals surface area contributed by atoms with Crippen molar-refractivity contribution >= 4 is 11.9 Å². The van der Waals surface area contributed by atoms with Crippen LogP contribution in [0.25, 0.3) is 0 Å². The maximum Gasteiger partial charge on any atom is 0.310 e. The summed E-state index contributed by atoms with van der Waals surface area (Å²) in [6.45, 7) is 0.998. The molecule has 0 saturated carbocycles. The van der Waals surface area contributed by atoms with Gasteiger partial charge in [-0.2, -0.15) is 0 Å². The van der Waals surface area contributed by atoms with Crippen molar-refractivity contribution < 1.29 is 14.7 Å². The molecule has 2 N–H and O–H groups in total. The molecule has 68 valence electrons. The molecule has 0 aromatic carbocycles. The van der Waals surface area contributed by atoms with E-state index >= 15 is 0 Å². The van der Waals surface area contributed by atoms with Gasteiger partial charge in [0.2, 0.25) is 5.91 Å². The first-order valence-electron chi connectivity index (χ1n) is 3.80. The Morgan fingerprint density at radius 3 is 2.58 bits per heavy atom. The normalized spacial score (nSPS) is 17.2. The molecule has 0 spiro atoms. The van der Waals surface area contributed by atoms with Gasteiger partial charge in [0.05, 0.1) is 12.5 Å². The molecule has 1 heterocycles. The van der Waals surface area contributed by atoms with Gasteiger partial charge in [0, 0.05) is 13.1 Å². The van der Waals surface area contributed by atoms with E-state index in [0.717, 1.165) is 0 Å². The van der Waals surface area contributed by atoms with E-state index in [-0.39, 0.29) is 18.4 Å². The Hall–Kier alpha value is -1.10. The molecule has 0 radical (unpaired) electrons. The molecule has 1 fully saturated rings. The molecule has 0 aromatic rings. The third-order valence-corrected chi connectivity index (χ3v) is 1.91. The first kappa shape index (κ1) is 8.99. The molecule has 12 heavy (non-hydrogen) atoms. The molecule has 5 heteroatoms. The van der Waals surface area contributed by atoms with Crippen LogP contribution in [0.4, 0.5) is 0 Å². The maximum atomic E-state index is 11.1. The van der Waals surface area contributed by atoms with E-state index in [1.54, 1.807) is 7.05 Å². The Balaban J connectivity index is 2.25. The highest BCUT2D eigenvalue weighted by Crippen LogP contribution is 2.14. The van der Waals surface area contributed by atoms with Crippen LogP contribution in [0.2, 0.25) is 0 Å². The van der Waals surface area contributed by atoms with Gasteiger partial charge in [-0.15, -0.1) is 0 Å². The number of nitrogens with one attached hydrogen (secondary N) is 1. The van der Waals surface area contributed by atoms with Gasteiger partial charge in [0.15, 0.2) is 0 Å². The van der Waals surface area contributed by atoms with Gasteiger partial charge in [0.25, 0.3) is 0 Å². The number of nitrogens with zero attached hydrogens (tertiary/aromatic N) is 1. The lowest BCUT2D eigenvalue weighted by Crippen LogP contribution is -2.54. The molecule has 1 saturated heterocycles. The van der Waals surface area contributed by atoms with Crippen LogP contribution in [0.3, 0.4) is 0 Å². The summed E-state index contributed by atoms with van der Waals surface area (Å²) >= 11 is 0. The summed E-state index contributed by atoms with van der Waals surface area (Å²) in [5, 5.41) is 11.2. The molecule has 0 aliphatic carbocycles. The SMILES string of the molecule is CNCC(=O)N1CC(C(=O)O)C1. The topological polar surface area (TPSA) is 69.6 Å². The molecule has 1 aliphatic heterocycles. The van der Waals surface area contributed by atoms with E-state index in [0.29, 0.717) is 13.1 Å². The van der Waals surface area contributed by atoms with Crippen molar-refractivity contribution in [2.24, 2.45) is 5.92 Å². The summed E-state index contributed by atoms with van der Waals surface area (Å²) in [5.41, 5.74) is 0. The highest BCUT2D eigenvalue weighted by Gasteiger charge is 2.34. The van der Waals surface area contributed by atoms with E-state index in [9.17, 15) is 9.59 Å². The maximum absolute atomic E-state index is 11.1. The fourth-order valence-corrected chi connectivity index (χ4v) is 1.10. The third-order valence-electron chi connectivity index (χ3n) is 1.91. The van der Waals surface area contributed by atoms with Crippen molar-refractivity contribution in [1.82, 2.24) is 10.2 Å². The Kier molecular flexibility index (Phi) is 2.65. The number of hydrogen-bond acceptors (Lipinski definition) is 3. The summed E-state index contributed by atoms with van der Waals surface area (Å²) < 4.78 is 0. The molecule has 5 nitrogen and oxygen atoms in total. The van der Waals surface area contributed by atoms with Gasteiger partial charge in [-0.25, -0.2) is 0 Å². The summed E-state index contributed by atoms with van der Waals surface area (Å²) in [6, 6.07) is 0. The number of amides is 1. The van der Waals surface area contributed by atoms with Crippen LogP contribution < -0.4 is 5.32 Å². The van der Waals surface area contributed by atoms with Crippen LogP contribution in [0.15, 0.2) is 0 Å². The van der Waals surface area contributed by atoms with E-state index < -0.39 is 5.97 Å². The van der Waals surface area contributed by atoms with Crippen molar-refractivity contribution in [3.8, 4) is 0 Å². The monoisotopic (exact) mass is 172 g/mol. The lowest BCUT2D eigenvalue weighted by atomic mass is 10.0. The van der Waals surface area contributed by atoms with Crippen LogP contribution in [-0.4, -0.2) is 48.6 Å². The van der Waals surface area contributed by atoms with Gasteiger partial charge in [-0.05, 0) is 7.05 Å². The van der Waals surface area contributed by atoms with E-state index in [1.165, 1.54) is 4.90 Å². The number of rotatable bonds is 3. The number of likely N-dealkylation sites (N-methyl/N-ethyl adjacent to an activating group) is 1. The van der Waals surface area contributed by atoms with Crippen molar-refractivity contribution in [3.05, 3.63) is 0 Å². The smallest absolute Gasteiger partial charge is 0.310 e. The Morgan fingerprint density at radius 1 is 1.58 bits per heavy atom. The lowest BCUT2D eigenvalue weighted by molar-refractivity contribution is -0.152. The number of likely N-dealkylation sites (tertiary alicyclic amines) is 1. The van der Waals surface area contributed by atoms with Gasteiger partial charge >= 0.3 is 5.97 Å². The van der Waals surface area contributed by atoms with Gasteiger partial charge in [0.1, 0.15) is 0 Å². The van der Waals surface area contributed by atoms with E-state index in [1.807, 2.05) is 0 Å². The first-order chi connectivity index (χ1) is 5.65. The Morgan fingerprint density at radius 2 is 2.17 bits per heavy atom. The van der Waals surface area contributed by atoms with Crippen molar-refractivity contribution in [2.75, 3.05) is 26.7 Å². The highest BCUT2D eigenvalue weighted by atomic mass is 16.4. The minimum absolute atomic E-state index is 0.0324. The second kappa shape index (κ2) is 3.53. The first-order valence-corrected chi connectivity index (χ1v) is 3.80. The molecule has 0 bridgehead atoms. The minimum atomic E-state index is -0.816. The van der Waals surface area contributed by atoms with Crippen LogP contribution in [-0.2, 0) is 9.59 Å². The fraction of sp³-hybridized carbons (Fsp3) is 0.714. The number of carboxylic acid groups (broad SMARTS) is 1. The third kappa shape index (κ3) is 1.73. The molecule has 0 unspecified atom stereocenters. The van der Waals surface area contributed by atoms with Gasteiger partial charge in [-0.1, -0.05) is 0 Å². The zero-order valence-corrected chi connectivity index (χ0v) is 6.91. The Bertz CT molecular complexity index is 199. The summed E-state index contributed by atoms with van der Waals surface area (Å²) in [7, 11) is 1.69. The average Bonchev–Trinajstić information content (AvgIpc) is 1.82. The van der Waals surface area contributed by atoms with Gasteiger partial charge < -0.3 is 15.3 Å². The van der Waals surface area contributed by atoms with Crippen LogP contribution in [0.5, 0.6) is 0 Å². The van der Waals surface area contributed by atoms with Crippen molar-refractivity contribution in [3.63, 3.8) is 0 Å². The predicted octanol–water partition coefficient (Wildman–Crippen LogP) is -1.25. The minimum Gasteiger partial charge on any atom is -0.481 e. The van der Waals surface area contributed by atoms with E-state index in [2.05, 4.69) is 5.32 Å². The standard InChI is InChI=1S/C7H12N2O3/c1-8-2-6(10)9-3-5(4-9)7(11)12/h5,8H,2-4H2,1H3,(H,11,12). The fourth-order valence-electron chi connectivity index (χ4n) is 1.10. The largest absolute Gasteiger partial charge is 0.481 e. The molecule has 1 aliphatic rings. The van der Waals surface area contributed by atoms with Crippen molar-refractivity contribution in [1.29, 1.82) is 0 Å². The summed E-state index contributed by atoms with van der Waals surface area (Å²) in [5.74, 6) is -1.20. The second-order valence-corrected chi connectivity index (χ2v) is 2.86. The number of carboxylic acids is 1. The molecule has 0 aromatic heterocycles. The molecular formula is C7H12N2O3. The van der Waals surface area contributed by atoms with E-state index in [4.69, 9.17) is 5.11 Å². The molecule has 1 amide bonds. The quantitative estimate of drug-likeness (QED) is 0.558. The zero-order valence-electron chi connectivity index (χ0n) is 6.91. The highest BCUT2D eigenvalue weighted by molar-refractivity contribution is 5.82. The Labute approximate surface area is 70.4 Å². The number of aliphatic carboxylic acids is 1. The van der Waals surface area contributed by atoms with Crippen molar-refractivity contribution in [2.45, 2.75) is 0 Å². The number of carbonyl (C=O) groups excluding carboxylic acids is 1. The van der Waals surface area contributed by atoms with Gasteiger partial charge in [-0.3, -0.25) is 9.59 Å². The lowest BCUT2D eigenvalue weighted by Gasteiger charge is -2.36. The van der Waals surface area contributed by atoms with Crippen LogP contribution in [0, 0.1) is 5.92 Å². The predicted molar refractivity (Wildman–Crippen MR) is 41.6 cm³/mol. The number of carbonyl (C=O) groups is 2.